The zero-order chi connectivity index (χ0) is 24.5. The van der Waals surface area contributed by atoms with Gasteiger partial charge in [-0.3, -0.25) is 4.79 Å². The molecular formula is C28H36N4O3. The van der Waals surface area contributed by atoms with Crippen molar-refractivity contribution in [2.45, 2.75) is 76.8 Å². The van der Waals surface area contributed by atoms with E-state index in [0.29, 0.717) is 6.04 Å². The van der Waals surface area contributed by atoms with E-state index in [2.05, 4.69) is 47.9 Å². The molecule has 3 N–H and O–H groups in total. The van der Waals surface area contributed by atoms with Gasteiger partial charge in [0.25, 0.3) is 0 Å². The van der Waals surface area contributed by atoms with Gasteiger partial charge in [-0.15, -0.1) is 0 Å². The Morgan fingerprint density at radius 3 is 2.54 bits per heavy atom. The summed E-state index contributed by atoms with van der Waals surface area (Å²) in [6, 6.07) is 15.3. The van der Waals surface area contributed by atoms with Gasteiger partial charge in [-0.2, -0.15) is 0 Å². The van der Waals surface area contributed by atoms with Gasteiger partial charge in [-0.1, -0.05) is 30.3 Å². The van der Waals surface area contributed by atoms with Gasteiger partial charge >= 0.3 is 0 Å². The number of anilines is 1. The fourth-order valence-electron chi connectivity index (χ4n) is 6.03. The number of nitrogens with zero attached hydrogens (tertiary/aromatic N) is 3. The van der Waals surface area contributed by atoms with Crippen LogP contribution in [0.4, 0.5) is 5.69 Å². The first-order valence-corrected chi connectivity index (χ1v) is 12.8. The van der Waals surface area contributed by atoms with E-state index in [0.717, 1.165) is 73.9 Å². The fraction of sp³-hybridized carbons (Fsp3) is 0.500. The monoisotopic (exact) mass is 476 g/mol. The van der Waals surface area contributed by atoms with Gasteiger partial charge in [-0.25, -0.2) is 4.98 Å². The lowest BCUT2D eigenvalue weighted by atomic mass is 9.85. The van der Waals surface area contributed by atoms with E-state index in [4.69, 9.17) is 15.5 Å². The highest BCUT2D eigenvalue weighted by Gasteiger charge is 2.33. The quantitative estimate of drug-likeness (QED) is 0.501. The molecule has 2 aromatic carbocycles. The summed E-state index contributed by atoms with van der Waals surface area (Å²) in [5.74, 6) is 0.896. The molecule has 2 aliphatic rings. The van der Waals surface area contributed by atoms with Crippen molar-refractivity contribution >= 4 is 22.6 Å². The molecule has 2 atom stereocenters. The summed E-state index contributed by atoms with van der Waals surface area (Å²) in [6.07, 6.45) is 6.17. The second kappa shape index (κ2) is 9.99. The van der Waals surface area contributed by atoms with Crippen molar-refractivity contribution in [1.82, 2.24) is 9.55 Å². The normalized spacial score (nSPS) is 23.3. The second-order valence-electron chi connectivity index (χ2n) is 10.1. The molecule has 1 unspecified atom stereocenters. The number of nitrogens with two attached hydrogens (primary N) is 1. The van der Waals surface area contributed by atoms with Crippen molar-refractivity contribution in [3.05, 3.63) is 59.4 Å². The Balaban J connectivity index is 1.56. The molecule has 1 aromatic heterocycles. The third kappa shape index (κ3) is 4.55. The minimum absolute atomic E-state index is 0.0212. The molecule has 1 aliphatic carbocycles. The Morgan fingerprint density at radius 1 is 1.11 bits per heavy atom. The molecule has 0 saturated heterocycles. The van der Waals surface area contributed by atoms with Crippen LogP contribution >= 0.6 is 0 Å². The number of methoxy groups -OCH3 is 1. The summed E-state index contributed by atoms with van der Waals surface area (Å²) in [5.41, 5.74) is 11.3. The van der Waals surface area contributed by atoms with Crippen molar-refractivity contribution in [3.63, 3.8) is 0 Å². The lowest BCUT2D eigenvalue weighted by Gasteiger charge is -2.39. The van der Waals surface area contributed by atoms with Gasteiger partial charge in [0.15, 0.2) is 0 Å². The molecule has 35 heavy (non-hydrogen) atoms. The zero-order valence-electron chi connectivity index (χ0n) is 20.7. The molecule has 0 radical (unpaired) electrons. The summed E-state index contributed by atoms with van der Waals surface area (Å²) >= 11 is 0. The minimum Gasteiger partial charge on any atom is -0.369 e. The molecule has 0 spiro atoms. The lowest BCUT2D eigenvalue weighted by Crippen LogP contribution is -2.45. The number of fused-ring (bicyclic) bond motifs is 3. The molecule has 7 nitrogen and oxygen atoms in total. The molecule has 186 valence electrons. The van der Waals surface area contributed by atoms with Crippen LogP contribution in [0.25, 0.3) is 11.0 Å². The summed E-state index contributed by atoms with van der Waals surface area (Å²) in [7, 11) is 1.53. The van der Waals surface area contributed by atoms with Crippen LogP contribution in [0.15, 0.2) is 42.5 Å². The zero-order valence-corrected chi connectivity index (χ0v) is 20.7. The number of aliphatic hydroxyl groups is 1. The Kier molecular flexibility index (Phi) is 6.80. The van der Waals surface area contributed by atoms with Crippen molar-refractivity contribution in [1.29, 1.82) is 0 Å². The predicted molar refractivity (Wildman–Crippen MR) is 137 cm³/mol. The average molecular weight is 477 g/mol. The van der Waals surface area contributed by atoms with Crippen LogP contribution in [0.1, 0.15) is 62.0 Å². The molecule has 3 aromatic rings. The Morgan fingerprint density at radius 2 is 1.86 bits per heavy atom. The fourth-order valence-corrected chi connectivity index (χ4v) is 6.03. The van der Waals surface area contributed by atoms with Crippen LogP contribution in [0.5, 0.6) is 0 Å². The maximum absolute atomic E-state index is 11.8. The Bertz CT molecular complexity index is 1180. The van der Waals surface area contributed by atoms with Gasteiger partial charge in [0.2, 0.25) is 12.3 Å². The number of aromatic nitrogens is 2. The lowest BCUT2D eigenvalue weighted by molar-refractivity contribution is -0.122. The molecule has 1 fully saturated rings. The number of carbonyl (C=O) groups excluding carboxylic acids is 1. The van der Waals surface area contributed by atoms with E-state index < -0.39 is 6.41 Å². The van der Waals surface area contributed by atoms with Gasteiger partial charge < -0.3 is 25.0 Å². The maximum atomic E-state index is 11.8. The van der Waals surface area contributed by atoms with Crippen molar-refractivity contribution in [2.24, 2.45) is 11.7 Å². The van der Waals surface area contributed by atoms with Crippen LogP contribution in [0.3, 0.4) is 0 Å². The standard InChI is InChI=1S/C28H36N4O3/c1-18-8-14-22-23(31(18)28(34)35-2)15-16-24-26(22)30-25(17-9-19-6-4-3-5-7-19)32(24)21-12-10-20(11-13-21)27(29)33/h3-7,15-16,18,20-21,28,34H,8-14,17H2,1-2H3,(H2,29,33)/t18-,20?,21?,28?/m0/s1. The van der Waals surface area contributed by atoms with E-state index in [1.807, 2.05) is 11.0 Å². The molecule has 5 rings (SSSR count). The summed E-state index contributed by atoms with van der Waals surface area (Å²) < 4.78 is 7.72. The number of carbonyl (C=O) groups is 1. The van der Waals surface area contributed by atoms with E-state index in [9.17, 15) is 9.90 Å². The minimum atomic E-state index is -0.981. The number of benzene rings is 2. The molecule has 2 heterocycles. The number of hydrogen-bond donors (Lipinski definition) is 2. The molecular weight excluding hydrogens is 440 g/mol. The van der Waals surface area contributed by atoms with Gasteiger partial charge in [-0.05, 0) is 69.6 Å². The second-order valence-corrected chi connectivity index (χ2v) is 10.1. The highest BCUT2D eigenvalue weighted by atomic mass is 16.6. The first-order valence-electron chi connectivity index (χ1n) is 12.8. The average Bonchev–Trinajstić information content (AvgIpc) is 3.26. The third-order valence-corrected chi connectivity index (χ3v) is 7.97. The van der Waals surface area contributed by atoms with Crippen molar-refractivity contribution < 1.29 is 14.6 Å². The number of imidazole rings is 1. The molecule has 1 aliphatic heterocycles. The van der Waals surface area contributed by atoms with Crippen LogP contribution < -0.4 is 10.6 Å². The highest BCUT2D eigenvalue weighted by molar-refractivity contribution is 5.86. The predicted octanol–water partition coefficient (Wildman–Crippen LogP) is 4.10. The third-order valence-electron chi connectivity index (χ3n) is 7.97. The number of primary amides is 1. The van der Waals surface area contributed by atoms with Crippen LogP contribution in [0.2, 0.25) is 0 Å². The summed E-state index contributed by atoms with van der Waals surface area (Å²) in [4.78, 5) is 18.9. The topological polar surface area (TPSA) is 93.6 Å². The number of rotatable bonds is 7. The first-order chi connectivity index (χ1) is 17.0. The maximum Gasteiger partial charge on any atom is 0.237 e. The number of hydrogen-bond acceptors (Lipinski definition) is 5. The number of amides is 1. The molecule has 0 bridgehead atoms. The van der Waals surface area contributed by atoms with Crippen molar-refractivity contribution in [3.8, 4) is 0 Å². The molecule has 1 amide bonds. The summed E-state index contributed by atoms with van der Waals surface area (Å²) in [6.45, 7) is 2.12. The van der Waals surface area contributed by atoms with E-state index in [1.165, 1.54) is 18.2 Å². The smallest absolute Gasteiger partial charge is 0.237 e. The van der Waals surface area contributed by atoms with E-state index in [-0.39, 0.29) is 17.9 Å². The molecule has 7 heteroatoms. The SMILES string of the molecule is COC(O)N1c2ccc3c(nc(CCc4ccccc4)n3C3CCC(C(N)=O)CC3)c2CC[C@@H]1C. The van der Waals surface area contributed by atoms with E-state index >= 15 is 0 Å². The first kappa shape index (κ1) is 23.8. The van der Waals surface area contributed by atoms with E-state index in [1.54, 1.807) is 0 Å². The van der Waals surface area contributed by atoms with Gasteiger partial charge in [0.05, 0.1) is 11.0 Å². The summed E-state index contributed by atoms with van der Waals surface area (Å²) in [5, 5.41) is 10.6. The largest absolute Gasteiger partial charge is 0.369 e. The Hall–Kier alpha value is -2.90. The highest BCUT2D eigenvalue weighted by Crippen LogP contribution is 2.40. The van der Waals surface area contributed by atoms with Crippen molar-refractivity contribution in [2.75, 3.05) is 12.0 Å². The number of ether oxygens (including phenoxy) is 1. The number of aliphatic hydroxyl groups excluding tert-OH is 1. The van der Waals surface area contributed by atoms with Gasteiger partial charge in [0.1, 0.15) is 5.82 Å². The Labute approximate surface area is 206 Å². The van der Waals surface area contributed by atoms with Gasteiger partial charge in [0, 0.05) is 42.8 Å². The number of aryl methyl sites for hydroxylation is 3. The molecule has 1 saturated carbocycles. The van der Waals surface area contributed by atoms with Crippen LogP contribution in [-0.2, 0) is 28.8 Å². The van der Waals surface area contributed by atoms with Crippen LogP contribution in [-0.4, -0.2) is 40.1 Å². The van der Waals surface area contributed by atoms with Crippen LogP contribution in [0, 0.1) is 5.92 Å².